The third-order valence-corrected chi connectivity index (χ3v) is 3.85. The van der Waals surface area contributed by atoms with Crippen molar-refractivity contribution in [1.82, 2.24) is 5.32 Å². The summed E-state index contributed by atoms with van der Waals surface area (Å²) in [5.41, 5.74) is 2.27. The predicted octanol–water partition coefficient (Wildman–Crippen LogP) is 3.79. The zero-order valence-electron chi connectivity index (χ0n) is 11.2. The normalized spacial score (nSPS) is 12.4. The van der Waals surface area contributed by atoms with Crippen LogP contribution in [0.15, 0.2) is 35.0 Å². The van der Waals surface area contributed by atoms with Crippen molar-refractivity contribution >= 4 is 11.3 Å². The molecule has 102 valence electrons. The lowest BCUT2D eigenvalue weighted by Gasteiger charge is -2.15. The molecule has 1 aromatic carbocycles. The Hall–Kier alpha value is -1.39. The Morgan fingerprint density at radius 3 is 2.84 bits per heavy atom. The van der Waals surface area contributed by atoms with Gasteiger partial charge in [-0.15, -0.1) is 0 Å². The fraction of sp³-hybridized carbons (Fsp3) is 0.333. The van der Waals surface area contributed by atoms with Gasteiger partial charge in [0.15, 0.2) is 11.6 Å². The number of halogens is 1. The summed E-state index contributed by atoms with van der Waals surface area (Å²) in [6, 6.07) is 7.34. The lowest BCUT2D eigenvalue weighted by Crippen LogP contribution is -2.21. The van der Waals surface area contributed by atoms with Crippen molar-refractivity contribution < 1.29 is 9.13 Å². The molecule has 0 amide bonds. The van der Waals surface area contributed by atoms with E-state index in [-0.39, 0.29) is 17.6 Å². The van der Waals surface area contributed by atoms with Crippen molar-refractivity contribution in [2.75, 3.05) is 13.7 Å². The molecular formula is C15H18FNOS. The van der Waals surface area contributed by atoms with Crippen LogP contribution in [0.5, 0.6) is 5.75 Å². The Morgan fingerprint density at radius 1 is 1.37 bits per heavy atom. The molecule has 0 aliphatic heterocycles. The Labute approximate surface area is 117 Å². The molecule has 1 aromatic heterocycles. The molecule has 0 aliphatic rings. The molecular weight excluding hydrogens is 261 g/mol. The van der Waals surface area contributed by atoms with Crippen LogP contribution in [0.2, 0.25) is 0 Å². The van der Waals surface area contributed by atoms with E-state index in [0.717, 1.165) is 18.5 Å². The van der Waals surface area contributed by atoms with Gasteiger partial charge in [-0.2, -0.15) is 11.3 Å². The maximum absolute atomic E-state index is 13.6. The van der Waals surface area contributed by atoms with Gasteiger partial charge in [-0.25, -0.2) is 4.39 Å². The highest BCUT2D eigenvalue weighted by Crippen LogP contribution is 2.21. The van der Waals surface area contributed by atoms with Crippen molar-refractivity contribution in [1.29, 1.82) is 0 Å². The number of rotatable bonds is 6. The smallest absolute Gasteiger partial charge is 0.165 e. The van der Waals surface area contributed by atoms with E-state index < -0.39 is 0 Å². The minimum Gasteiger partial charge on any atom is -0.494 e. The summed E-state index contributed by atoms with van der Waals surface area (Å²) in [5.74, 6) is -0.0271. The first-order chi connectivity index (χ1) is 9.20. The van der Waals surface area contributed by atoms with Gasteiger partial charge in [0.25, 0.3) is 0 Å². The molecule has 0 spiro atoms. The lowest BCUT2D eigenvalue weighted by atomic mass is 10.1. The van der Waals surface area contributed by atoms with Gasteiger partial charge in [-0.3, -0.25) is 0 Å². The van der Waals surface area contributed by atoms with E-state index in [9.17, 15) is 4.39 Å². The molecule has 0 bridgehead atoms. The number of thiophene rings is 1. The van der Waals surface area contributed by atoms with E-state index in [1.807, 2.05) is 13.0 Å². The van der Waals surface area contributed by atoms with Gasteiger partial charge in [0.05, 0.1) is 7.11 Å². The zero-order valence-corrected chi connectivity index (χ0v) is 12.0. The summed E-state index contributed by atoms with van der Waals surface area (Å²) >= 11 is 1.71. The molecule has 2 aromatic rings. The number of ether oxygens (including phenoxy) is 1. The molecule has 1 unspecified atom stereocenters. The monoisotopic (exact) mass is 279 g/mol. The van der Waals surface area contributed by atoms with Gasteiger partial charge in [-0.1, -0.05) is 6.07 Å². The Morgan fingerprint density at radius 2 is 2.21 bits per heavy atom. The maximum Gasteiger partial charge on any atom is 0.165 e. The Bertz CT molecular complexity index is 513. The third kappa shape index (κ3) is 3.78. The van der Waals surface area contributed by atoms with Crippen molar-refractivity contribution in [2.24, 2.45) is 0 Å². The van der Waals surface area contributed by atoms with Crippen LogP contribution < -0.4 is 10.1 Å². The van der Waals surface area contributed by atoms with Gasteiger partial charge in [0.2, 0.25) is 0 Å². The van der Waals surface area contributed by atoms with Crippen LogP contribution in [-0.4, -0.2) is 13.7 Å². The van der Waals surface area contributed by atoms with Crippen LogP contribution in [0.4, 0.5) is 4.39 Å². The Balaban J connectivity index is 1.88. The van der Waals surface area contributed by atoms with Crippen molar-refractivity contribution in [3.05, 3.63) is 52.0 Å². The van der Waals surface area contributed by atoms with E-state index >= 15 is 0 Å². The third-order valence-electron chi connectivity index (χ3n) is 3.12. The maximum atomic E-state index is 13.6. The molecule has 19 heavy (non-hydrogen) atoms. The van der Waals surface area contributed by atoms with Crippen LogP contribution in [0.3, 0.4) is 0 Å². The second kappa shape index (κ2) is 6.68. The van der Waals surface area contributed by atoms with Gasteiger partial charge >= 0.3 is 0 Å². The second-order valence-electron chi connectivity index (χ2n) is 4.45. The quantitative estimate of drug-likeness (QED) is 0.868. The van der Waals surface area contributed by atoms with Crippen molar-refractivity contribution in [3.8, 4) is 5.75 Å². The van der Waals surface area contributed by atoms with Gasteiger partial charge in [0.1, 0.15) is 0 Å². The average molecular weight is 279 g/mol. The van der Waals surface area contributed by atoms with Crippen LogP contribution in [0, 0.1) is 5.82 Å². The van der Waals surface area contributed by atoms with E-state index in [1.165, 1.54) is 18.7 Å². The highest BCUT2D eigenvalue weighted by Gasteiger charge is 2.09. The number of hydrogen-bond acceptors (Lipinski definition) is 3. The molecule has 2 rings (SSSR count). The first-order valence-electron chi connectivity index (χ1n) is 6.28. The van der Waals surface area contributed by atoms with Gasteiger partial charge in [-0.05, 0) is 60.0 Å². The Kier molecular flexibility index (Phi) is 4.93. The first kappa shape index (κ1) is 14.0. The van der Waals surface area contributed by atoms with Crippen molar-refractivity contribution in [2.45, 2.75) is 19.4 Å². The van der Waals surface area contributed by atoms with Crippen LogP contribution >= 0.6 is 11.3 Å². The minimum atomic E-state index is -0.313. The van der Waals surface area contributed by atoms with E-state index in [2.05, 4.69) is 22.1 Å². The van der Waals surface area contributed by atoms with Gasteiger partial charge < -0.3 is 10.1 Å². The van der Waals surface area contributed by atoms with E-state index in [1.54, 1.807) is 17.4 Å². The summed E-state index contributed by atoms with van der Waals surface area (Å²) in [6.45, 7) is 2.92. The van der Waals surface area contributed by atoms with Crippen molar-refractivity contribution in [3.63, 3.8) is 0 Å². The minimum absolute atomic E-state index is 0.124. The van der Waals surface area contributed by atoms with E-state index in [0.29, 0.717) is 0 Å². The molecule has 0 aliphatic carbocycles. The summed E-state index contributed by atoms with van der Waals surface area (Å²) in [7, 11) is 1.47. The second-order valence-corrected chi connectivity index (χ2v) is 5.23. The highest BCUT2D eigenvalue weighted by atomic mass is 32.1. The first-order valence-corrected chi connectivity index (χ1v) is 7.23. The fourth-order valence-corrected chi connectivity index (χ4v) is 2.64. The van der Waals surface area contributed by atoms with Crippen LogP contribution in [0.25, 0.3) is 0 Å². The lowest BCUT2D eigenvalue weighted by molar-refractivity contribution is 0.385. The van der Waals surface area contributed by atoms with Gasteiger partial charge in [0, 0.05) is 6.04 Å². The molecule has 4 heteroatoms. The summed E-state index contributed by atoms with van der Waals surface area (Å²) in [5, 5.41) is 7.63. The summed E-state index contributed by atoms with van der Waals surface area (Å²) < 4.78 is 18.5. The molecule has 1 heterocycles. The molecule has 0 fully saturated rings. The number of benzene rings is 1. The predicted molar refractivity (Wildman–Crippen MR) is 77.4 cm³/mol. The number of methoxy groups -OCH3 is 1. The van der Waals surface area contributed by atoms with Crippen LogP contribution in [0.1, 0.15) is 24.1 Å². The zero-order chi connectivity index (χ0) is 13.7. The summed E-state index contributed by atoms with van der Waals surface area (Å²) in [4.78, 5) is 0. The highest BCUT2D eigenvalue weighted by molar-refractivity contribution is 7.07. The largest absolute Gasteiger partial charge is 0.494 e. The standard InChI is InChI=1S/C15H18FNOS/c1-11(17-7-5-12-6-8-19-10-12)13-3-4-15(18-2)14(16)9-13/h3-4,6,8-11,17H,5,7H2,1-2H3. The average Bonchev–Trinajstić information content (AvgIpc) is 2.91. The van der Waals surface area contributed by atoms with Crippen LogP contribution in [-0.2, 0) is 6.42 Å². The molecule has 2 nitrogen and oxygen atoms in total. The molecule has 0 saturated heterocycles. The molecule has 0 radical (unpaired) electrons. The number of nitrogens with one attached hydrogen (secondary N) is 1. The summed E-state index contributed by atoms with van der Waals surface area (Å²) in [6.07, 6.45) is 0.993. The molecule has 1 N–H and O–H groups in total. The SMILES string of the molecule is COc1ccc(C(C)NCCc2ccsc2)cc1F. The molecule has 1 atom stereocenters. The number of hydrogen-bond donors (Lipinski definition) is 1. The topological polar surface area (TPSA) is 21.3 Å². The van der Waals surface area contributed by atoms with E-state index in [4.69, 9.17) is 4.74 Å². The molecule has 0 saturated carbocycles. The fourth-order valence-electron chi connectivity index (χ4n) is 1.94.